The van der Waals surface area contributed by atoms with E-state index in [1.54, 1.807) is 42.5 Å². The molecule has 138 valence electrons. The first kappa shape index (κ1) is 18.7. The lowest BCUT2D eigenvalue weighted by atomic mass is 10.0. The van der Waals surface area contributed by atoms with Crippen LogP contribution in [0.15, 0.2) is 54.6 Å². The number of amides is 1. The van der Waals surface area contributed by atoms with Crippen LogP contribution in [0.1, 0.15) is 23.2 Å². The Bertz CT molecular complexity index is 1020. The Morgan fingerprint density at radius 3 is 2.56 bits per heavy atom. The van der Waals surface area contributed by atoms with Gasteiger partial charge in [-0.3, -0.25) is 9.59 Å². The minimum Gasteiger partial charge on any atom is -0.507 e. The molecule has 0 fully saturated rings. The van der Waals surface area contributed by atoms with Gasteiger partial charge in [-0.2, -0.15) is 0 Å². The number of ketones is 1. The third kappa shape index (κ3) is 4.20. The number of anilines is 1. The number of rotatable bonds is 6. The van der Waals surface area contributed by atoms with Crippen molar-refractivity contribution >= 4 is 39.8 Å². The normalized spacial score (nSPS) is 10.6. The van der Waals surface area contributed by atoms with Gasteiger partial charge in [0.05, 0.1) is 12.7 Å². The first-order valence-corrected chi connectivity index (χ1v) is 8.74. The molecule has 0 aliphatic heterocycles. The van der Waals surface area contributed by atoms with Gasteiger partial charge in [0.15, 0.2) is 5.78 Å². The van der Waals surface area contributed by atoms with E-state index in [4.69, 9.17) is 16.3 Å². The highest BCUT2D eigenvalue weighted by Gasteiger charge is 2.15. The van der Waals surface area contributed by atoms with Gasteiger partial charge in [0, 0.05) is 34.3 Å². The summed E-state index contributed by atoms with van der Waals surface area (Å²) in [5.74, 6) is 0.0569. The van der Waals surface area contributed by atoms with Crippen molar-refractivity contribution in [2.75, 3.05) is 12.4 Å². The van der Waals surface area contributed by atoms with Gasteiger partial charge in [0.1, 0.15) is 11.5 Å². The Morgan fingerprint density at radius 1 is 1.04 bits per heavy atom. The van der Waals surface area contributed by atoms with Crippen molar-refractivity contribution in [1.29, 1.82) is 0 Å². The molecule has 0 aliphatic carbocycles. The van der Waals surface area contributed by atoms with E-state index in [-0.39, 0.29) is 30.3 Å². The van der Waals surface area contributed by atoms with Gasteiger partial charge in [-0.1, -0.05) is 35.9 Å². The Hall–Kier alpha value is -3.05. The number of methoxy groups -OCH3 is 1. The van der Waals surface area contributed by atoms with Crippen LogP contribution in [0.3, 0.4) is 0 Å². The fraction of sp³-hybridized carbons (Fsp3) is 0.143. The van der Waals surface area contributed by atoms with Crippen molar-refractivity contribution in [1.82, 2.24) is 0 Å². The van der Waals surface area contributed by atoms with E-state index in [9.17, 15) is 14.7 Å². The molecule has 3 aromatic rings. The molecule has 0 aliphatic rings. The van der Waals surface area contributed by atoms with E-state index in [0.29, 0.717) is 27.4 Å². The Morgan fingerprint density at radius 2 is 1.78 bits per heavy atom. The van der Waals surface area contributed by atoms with Crippen molar-refractivity contribution < 1.29 is 19.4 Å². The molecule has 6 heteroatoms. The second kappa shape index (κ2) is 8.10. The van der Waals surface area contributed by atoms with Crippen molar-refractivity contribution in [3.05, 3.63) is 65.2 Å². The summed E-state index contributed by atoms with van der Waals surface area (Å²) in [6.07, 6.45) is 0.0439. The minimum absolute atomic E-state index is 0.0176. The molecule has 0 saturated heterocycles. The van der Waals surface area contributed by atoms with E-state index in [1.165, 1.54) is 13.2 Å². The molecular formula is C21H18ClNO4. The predicted octanol–water partition coefficient (Wildman–Crippen LogP) is 4.81. The quantitative estimate of drug-likeness (QED) is 0.599. The van der Waals surface area contributed by atoms with E-state index < -0.39 is 0 Å². The summed E-state index contributed by atoms with van der Waals surface area (Å²) in [5.41, 5.74) is 0.939. The molecule has 0 spiro atoms. The standard InChI is InChI=1S/C21H18ClNO4/c1-27-20-10-8-13(22)12-16(20)19(25)9-11-21(26)23-17-6-2-5-15-14(17)4-3-7-18(15)24/h2-8,10,12,24H,9,11H2,1H3,(H,23,26). The maximum Gasteiger partial charge on any atom is 0.224 e. The topological polar surface area (TPSA) is 75.6 Å². The van der Waals surface area contributed by atoms with Gasteiger partial charge in [-0.25, -0.2) is 0 Å². The molecule has 1 amide bonds. The molecule has 0 radical (unpaired) electrons. The van der Waals surface area contributed by atoms with Crippen LogP contribution in [0.25, 0.3) is 10.8 Å². The highest BCUT2D eigenvalue weighted by Crippen LogP contribution is 2.30. The lowest BCUT2D eigenvalue weighted by molar-refractivity contribution is -0.116. The summed E-state index contributed by atoms with van der Waals surface area (Å²) in [5, 5.41) is 14.5. The number of Topliss-reactive ketones (excluding diaryl/α,β-unsaturated/α-hetero) is 1. The zero-order valence-corrected chi connectivity index (χ0v) is 15.4. The maximum atomic E-state index is 12.4. The number of hydrogen-bond donors (Lipinski definition) is 2. The number of aromatic hydroxyl groups is 1. The number of carbonyl (C=O) groups excluding carboxylic acids is 2. The third-order valence-electron chi connectivity index (χ3n) is 4.21. The van der Waals surface area contributed by atoms with Crippen LogP contribution in [0, 0.1) is 0 Å². The number of nitrogens with one attached hydrogen (secondary N) is 1. The monoisotopic (exact) mass is 383 g/mol. The molecular weight excluding hydrogens is 366 g/mol. The number of fused-ring (bicyclic) bond motifs is 1. The number of phenolic OH excluding ortho intramolecular Hbond substituents is 1. The zero-order valence-electron chi connectivity index (χ0n) is 14.7. The molecule has 0 unspecified atom stereocenters. The summed E-state index contributed by atoms with van der Waals surface area (Å²) in [6.45, 7) is 0. The Kier molecular flexibility index (Phi) is 5.62. The number of ether oxygens (including phenoxy) is 1. The molecule has 3 rings (SSSR count). The van der Waals surface area contributed by atoms with E-state index in [1.807, 2.05) is 6.07 Å². The molecule has 0 atom stereocenters. The SMILES string of the molecule is COc1ccc(Cl)cc1C(=O)CCC(=O)Nc1cccc2c(O)cccc12. The van der Waals surface area contributed by atoms with Crippen LogP contribution in [0.2, 0.25) is 5.02 Å². The minimum atomic E-state index is -0.291. The number of phenols is 1. The first-order chi connectivity index (χ1) is 13.0. The lowest BCUT2D eigenvalue weighted by Crippen LogP contribution is -2.14. The van der Waals surface area contributed by atoms with E-state index >= 15 is 0 Å². The van der Waals surface area contributed by atoms with Crippen LogP contribution in [-0.2, 0) is 4.79 Å². The number of benzene rings is 3. The van der Waals surface area contributed by atoms with E-state index in [2.05, 4.69) is 5.32 Å². The van der Waals surface area contributed by atoms with Gasteiger partial charge in [-0.05, 0) is 30.3 Å². The van der Waals surface area contributed by atoms with Crippen LogP contribution in [-0.4, -0.2) is 23.9 Å². The fourth-order valence-corrected chi connectivity index (χ4v) is 3.05. The number of hydrogen-bond acceptors (Lipinski definition) is 4. The van der Waals surface area contributed by atoms with Crippen LogP contribution in [0.5, 0.6) is 11.5 Å². The summed E-state index contributed by atoms with van der Waals surface area (Å²) in [6, 6.07) is 15.2. The molecule has 5 nitrogen and oxygen atoms in total. The predicted molar refractivity (Wildman–Crippen MR) is 106 cm³/mol. The molecule has 2 N–H and O–H groups in total. The van der Waals surface area contributed by atoms with E-state index in [0.717, 1.165) is 5.39 Å². The molecule has 0 bridgehead atoms. The van der Waals surface area contributed by atoms with Gasteiger partial charge < -0.3 is 15.2 Å². The van der Waals surface area contributed by atoms with Gasteiger partial charge in [-0.15, -0.1) is 0 Å². The molecule has 0 aromatic heterocycles. The summed E-state index contributed by atoms with van der Waals surface area (Å²) < 4.78 is 5.18. The fourth-order valence-electron chi connectivity index (χ4n) is 2.87. The number of halogens is 1. The molecule has 27 heavy (non-hydrogen) atoms. The Labute approximate surface area is 161 Å². The van der Waals surface area contributed by atoms with Gasteiger partial charge >= 0.3 is 0 Å². The third-order valence-corrected chi connectivity index (χ3v) is 4.45. The van der Waals surface area contributed by atoms with Gasteiger partial charge in [0.25, 0.3) is 0 Å². The highest BCUT2D eigenvalue weighted by atomic mass is 35.5. The molecule has 0 heterocycles. The average molecular weight is 384 g/mol. The smallest absolute Gasteiger partial charge is 0.224 e. The van der Waals surface area contributed by atoms with Crippen LogP contribution < -0.4 is 10.1 Å². The summed E-state index contributed by atoms with van der Waals surface area (Å²) in [4.78, 5) is 24.8. The number of carbonyl (C=O) groups is 2. The molecule has 3 aromatic carbocycles. The second-order valence-corrected chi connectivity index (χ2v) is 6.43. The highest BCUT2D eigenvalue weighted by molar-refractivity contribution is 6.31. The Balaban J connectivity index is 1.70. The van der Waals surface area contributed by atoms with Crippen LogP contribution >= 0.6 is 11.6 Å². The first-order valence-electron chi connectivity index (χ1n) is 8.37. The van der Waals surface area contributed by atoms with Crippen molar-refractivity contribution in [3.63, 3.8) is 0 Å². The summed E-state index contributed by atoms with van der Waals surface area (Å²) >= 11 is 5.95. The van der Waals surface area contributed by atoms with Crippen molar-refractivity contribution in [3.8, 4) is 11.5 Å². The largest absolute Gasteiger partial charge is 0.507 e. The van der Waals surface area contributed by atoms with Crippen molar-refractivity contribution in [2.45, 2.75) is 12.8 Å². The van der Waals surface area contributed by atoms with Crippen LogP contribution in [0.4, 0.5) is 5.69 Å². The maximum absolute atomic E-state index is 12.4. The second-order valence-electron chi connectivity index (χ2n) is 5.99. The summed E-state index contributed by atoms with van der Waals surface area (Å²) in [7, 11) is 1.47. The van der Waals surface area contributed by atoms with Crippen molar-refractivity contribution in [2.24, 2.45) is 0 Å². The zero-order chi connectivity index (χ0) is 19.4. The lowest BCUT2D eigenvalue weighted by Gasteiger charge is -2.10. The molecule has 0 saturated carbocycles. The average Bonchev–Trinajstić information content (AvgIpc) is 2.67. The van der Waals surface area contributed by atoms with Gasteiger partial charge in [0.2, 0.25) is 5.91 Å².